The summed E-state index contributed by atoms with van der Waals surface area (Å²) in [5.41, 5.74) is 6.01. The van der Waals surface area contributed by atoms with E-state index in [0.29, 0.717) is 37.7 Å². The quantitative estimate of drug-likeness (QED) is 0.764. The van der Waals surface area contributed by atoms with E-state index in [1.54, 1.807) is 4.90 Å². The highest BCUT2D eigenvalue weighted by atomic mass is 19.1. The highest BCUT2D eigenvalue weighted by molar-refractivity contribution is 5.76. The van der Waals surface area contributed by atoms with Crippen molar-refractivity contribution in [1.29, 1.82) is 0 Å². The largest absolute Gasteiger partial charge is 0.489 e. The van der Waals surface area contributed by atoms with E-state index < -0.39 is 5.82 Å². The number of carbonyl (C=O) groups excluding carboxylic acids is 1. The summed E-state index contributed by atoms with van der Waals surface area (Å²) in [5.74, 6) is -0.0854. The van der Waals surface area contributed by atoms with Crippen molar-refractivity contribution in [3.05, 3.63) is 24.0 Å². The predicted octanol–water partition coefficient (Wildman–Crippen LogP) is 0.812. The Labute approximate surface area is 98.3 Å². The molecule has 0 bridgehead atoms. The maximum absolute atomic E-state index is 12.9. The number of halogens is 1. The topological polar surface area (TPSA) is 67.6 Å². The van der Waals surface area contributed by atoms with Crippen LogP contribution >= 0.6 is 0 Å². The van der Waals surface area contributed by atoms with Crippen LogP contribution in [0.15, 0.2) is 18.2 Å². The number of benzene rings is 1. The number of ether oxygens (including phenoxy) is 1. The van der Waals surface area contributed by atoms with Gasteiger partial charge >= 0.3 is 6.03 Å². The predicted molar refractivity (Wildman–Crippen MR) is 61.3 cm³/mol. The van der Waals surface area contributed by atoms with E-state index in [9.17, 15) is 9.18 Å². The Morgan fingerprint density at radius 1 is 1.53 bits per heavy atom. The second kappa shape index (κ2) is 4.90. The molecule has 1 heterocycles. The first kappa shape index (κ1) is 11.5. The maximum atomic E-state index is 12.9. The average Bonchev–Trinajstić information content (AvgIpc) is 2.70. The molecule has 2 amide bonds. The number of carbonyl (C=O) groups is 1. The number of nitrogens with one attached hydrogen (secondary N) is 1. The summed E-state index contributed by atoms with van der Waals surface area (Å²) in [6, 6.07) is 3.86. The van der Waals surface area contributed by atoms with E-state index in [4.69, 9.17) is 10.5 Å². The Hall–Kier alpha value is -1.98. The van der Waals surface area contributed by atoms with Gasteiger partial charge in [-0.2, -0.15) is 0 Å². The molecule has 3 N–H and O–H groups in total. The number of urea groups is 1. The van der Waals surface area contributed by atoms with E-state index in [2.05, 4.69) is 5.32 Å². The second-order valence-corrected chi connectivity index (χ2v) is 3.75. The molecular formula is C11H14FN3O2. The molecule has 17 heavy (non-hydrogen) atoms. The van der Waals surface area contributed by atoms with Crippen LogP contribution < -0.4 is 15.8 Å². The Bertz CT molecular complexity index is 425. The summed E-state index contributed by atoms with van der Waals surface area (Å²) in [6.45, 7) is 2.07. The van der Waals surface area contributed by atoms with Gasteiger partial charge in [-0.25, -0.2) is 9.18 Å². The van der Waals surface area contributed by atoms with Gasteiger partial charge in [0.1, 0.15) is 18.2 Å². The molecule has 0 unspecified atom stereocenters. The van der Waals surface area contributed by atoms with Gasteiger partial charge in [0.2, 0.25) is 0 Å². The highest BCUT2D eigenvalue weighted by Crippen LogP contribution is 2.21. The third-order valence-corrected chi connectivity index (χ3v) is 2.54. The van der Waals surface area contributed by atoms with Gasteiger partial charge in [0.05, 0.1) is 12.2 Å². The van der Waals surface area contributed by atoms with E-state index >= 15 is 0 Å². The molecule has 1 aliphatic heterocycles. The van der Waals surface area contributed by atoms with Crippen LogP contribution in [0.4, 0.5) is 14.9 Å². The van der Waals surface area contributed by atoms with E-state index in [0.717, 1.165) is 0 Å². The van der Waals surface area contributed by atoms with Gasteiger partial charge in [-0.05, 0) is 12.1 Å². The molecule has 0 radical (unpaired) electrons. The van der Waals surface area contributed by atoms with Crippen LogP contribution in [0.25, 0.3) is 0 Å². The number of anilines is 1. The summed E-state index contributed by atoms with van der Waals surface area (Å²) in [7, 11) is 0. The molecule has 1 aromatic rings. The van der Waals surface area contributed by atoms with Crippen LogP contribution in [0.1, 0.15) is 0 Å². The van der Waals surface area contributed by atoms with Gasteiger partial charge in [0.25, 0.3) is 0 Å². The number of hydrogen-bond donors (Lipinski definition) is 2. The van der Waals surface area contributed by atoms with Gasteiger partial charge in [-0.15, -0.1) is 0 Å². The minimum Gasteiger partial charge on any atom is -0.489 e. The fourth-order valence-electron chi connectivity index (χ4n) is 1.62. The van der Waals surface area contributed by atoms with Crippen molar-refractivity contribution in [1.82, 2.24) is 10.2 Å². The number of rotatable bonds is 4. The zero-order valence-corrected chi connectivity index (χ0v) is 9.28. The lowest BCUT2D eigenvalue weighted by atomic mass is 10.3. The molecule has 92 valence electrons. The fourth-order valence-corrected chi connectivity index (χ4v) is 1.62. The van der Waals surface area contributed by atoms with E-state index in [1.807, 2.05) is 0 Å². The van der Waals surface area contributed by atoms with Crippen LogP contribution in [0.5, 0.6) is 5.75 Å². The molecule has 5 nitrogen and oxygen atoms in total. The second-order valence-electron chi connectivity index (χ2n) is 3.75. The maximum Gasteiger partial charge on any atom is 0.317 e. The lowest BCUT2D eigenvalue weighted by Crippen LogP contribution is -2.31. The summed E-state index contributed by atoms with van der Waals surface area (Å²) < 4.78 is 18.3. The lowest BCUT2D eigenvalue weighted by Gasteiger charge is -2.15. The summed E-state index contributed by atoms with van der Waals surface area (Å²) in [5, 5.41) is 2.69. The zero-order valence-electron chi connectivity index (χ0n) is 9.28. The minimum atomic E-state index is -0.395. The van der Waals surface area contributed by atoms with Crippen molar-refractivity contribution >= 4 is 11.7 Å². The molecule has 1 aliphatic rings. The Morgan fingerprint density at radius 2 is 2.35 bits per heavy atom. The molecule has 1 aromatic carbocycles. The smallest absolute Gasteiger partial charge is 0.317 e. The van der Waals surface area contributed by atoms with Gasteiger partial charge < -0.3 is 20.7 Å². The molecule has 2 rings (SSSR count). The molecule has 0 atom stereocenters. The number of nitrogens with two attached hydrogens (primary N) is 1. The van der Waals surface area contributed by atoms with Crippen molar-refractivity contribution in [2.45, 2.75) is 0 Å². The van der Waals surface area contributed by atoms with Gasteiger partial charge in [0, 0.05) is 19.2 Å². The monoisotopic (exact) mass is 239 g/mol. The van der Waals surface area contributed by atoms with Crippen molar-refractivity contribution < 1.29 is 13.9 Å². The first-order valence-electron chi connectivity index (χ1n) is 5.37. The standard InChI is InChI=1S/C11H14FN3O2/c12-8-1-2-9(13)10(7-8)17-6-5-15-4-3-14-11(15)16/h1-2,7H,3-6,13H2,(H,14,16). The summed E-state index contributed by atoms with van der Waals surface area (Å²) in [4.78, 5) is 12.8. The molecule has 1 saturated heterocycles. The third kappa shape index (κ3) is 2.77. The van der Waals surface area contributed by atoms with E-state index in [-0.39, 0.29) is 6.03 Å². The van der Waals surface area contributed by atoms with Crippen molar-refractivity contribution in [2.75, 3.05) is 32.0 Å². The zero-order chi connectivity index (χ0) is 12.3. The van der Waals surface area contributed by atoms with Crippen LogP contribution in [0.3, 0.4) is 0 Å². The molecule has 0 aromatic heterocycles. The first-order valence-corrected chi connectivity index (χ1v) is 5.37. The van der Waals surface area contributed by atoms with Crippen molar-refractivity contribution in [3.8, 4) is 5.75 Å². The molecule has 0 spiro atoms. The third-order valence-electron chi connectivity index (χ3n) is 2.54. The van der Waals surface area contributed by atoms with Gasteiger partial charge in [-0.3, -0.25) is 0 Å². The molecule has 0 saturated carbocycles. The van der Waals surface area contributed by atoms with Crippen molar-refractivity contribution in [2.24, 2.45) is 0 Å². The Kier molecular flexibility index (Phi) is 3.32. The molecule has 6 heteroatoms. The lowest BCUT2D eigenvalue weighted by molar-refractivity contribution is 0.202. The first-order chi connectivity index (χ1) is 8.16. The Balaban J connectivity index is 1.85. The number of nitrogens with zero attached hydrogens (tertiary/aromatic N) is 1. The van der Waals surface area contributed by atoms with Crippen LogP contribution in [0, 0.1) is 5.82 Å². The molecular weight excluding hydrogens is 225 g/mol. The highest BCUT2D eigenvalue weighted by Gasteiger charge is 2.18. The molecule has 1 fully saturated rings. The number of amides is 2. The fraction of sp³-hybridized carbons (Fsp3) is 0.364. The van der Waals surface area contributed by atoms with Crippen LogP contribution in [-0.4, -0.2) is 37.2 Å². The number of nitrogen functional groups attached to an aromatic ring is 1. The Morgan fingerprint density at radius 3 is 3.06 bits per heavy atom. The molecule has 0 aliphatic carbocycles. The number of hydrogen-bond acceptors (Lipinski definition) is 3. The minimum absolute atomic E-state index is 0.0965. The van der Waals surface area contributed by atoms with Crippen molar-refractivity contribution in [3.63, 3.8) is 0 Å². The normalized spacial score (nSPS) is 14.9. The SMILES string of the molecule is Nc1ccc(F)cc1OCCN1CCNC1=O. The van der Waals surface area contributed by atoms with Gasteiger partial charge in [-0.1, -0.05) is 0 Å². The van der Waals surface area contributed by atoms with Crippen LogP contribution in [-0.2, 0) is 0 Å². The van der Waals surface area contributed by atoms with E-state index in [1.165, 1.54) is 18.2 Å². The summed E-state index contributed by atoms with van der Waals surface area (Å²) >= 11 is 0. The average molecular weight is 239 g/mol. The van der Waals surface area contributed by atoms with Gasteiger partial charge in [0.15, 0.2) is 0 Å². The summed E-state index contributed by atoms with van der Waals surface area (Å²) in [6.07, 6.45) is 0. The van der Waals surface area contributed by atoms with Crippen LogP contribution in [0.2, 0.25) is 0 Å².